The largest absolute Gasteiger partial charge is 0.457 e. The molecule has 0 radical (unpaired) electrons. The minimum atomic E-state index is -0.569. The number of alkyl carbamates (subject to hydrolysis) is 1. The molecule has 7 nitrogen and oxygen atoms in total. The molecule has 0 fully saturated rings. The molecule has 0 unspecified atom stereocenters. The van der Waals surface area contributed by atoms with Crippen molar-refractivity contribution in [3.63, 3.8) is 0 Å². The lowest BCUT2D eigenvalue weighted by Gasteiger charge is -2.19. The summed E-state index contributed by atoms with van der Waals surface area (Å²) in [4.78, 5) is 35.1. The number of rotatable bonds is 7. The summed E-state index contributed by atoms with van der Waals surface area (Å²) in [5.41, 5.74) is 0.0374. The van der Waals surface area contributed by atoms with Gasteiger partial charge in [-0.2, -0.15) is 0 Å². The number of furan rings is 1. The normalized spacial score (nSPS) is 11.2. The van der Waals surface area contributed by atoms with Gasteiger partial charge in [0.2, 0.25) is 5.78 Å². The van der Waals surface area contributed by atoms with Crippen LogP contribution in [0.25, 0.3) is 11.0 Å². The molecule has 1 heterocycles. The predicted octanol–water partition coefficient (Wildman–Crippen LogP) is 3.46. The van der Waals surface area contributed by atoms with Crippen molar-refractivity contribution in [3.8, 4) is 0 Å². The van der Waals surface area contributed by atoms with Crippen LogP contribution >= 0.6 is 0 Å². The van der Waals surface area contributed by atoms with E-state index in [1.165, 1.54) is 0 Å². The lowest BCUT2D eigenvalue weighted by atomic mass is 10.2. The van der Waals surface area contributed by atoms with Crippen molar-refractivity contribution in [1.82, 2.24) is 5.32 Å². The number of carbonyl (C=O) groups excluding carboxylic acids is 3. The predicted molar refractivity (Wildman–Crippen MR) is 95.0 cm³/mol. The fraction of sp³-hybridized carbons (Fsp3) is 0.421. The summed E-state index contributed by atoms with van der Waals surface area (Å²) in [6.07, 6.45) is -0.0638. The highest BCUT2D eigenvalue weighted by Gasteiger charge is 2.16. The minimum Gasteiger partial charge on any atom is -0.457 e. The lowest BCUT2D eigenvalue weighted by molar-refractivity contribution is -0.142. The van der Waals surface area contributed by atoms with E-state index in [4.69, 9.17) is 13.9 Å². The van der Waals surface area contributed by atoms with Crippen molar-refractivity contribution in [1.29, 1.82) is 0 Å². The molecular formula is C19H23NO6. The van der Waals surface area contributed by atoms with Crippen LogP contribution in [0.5, 0.6) is 0 Å². The van der Waals surface area contributed by atoms with E-state index in [2.05, 4.69) is 5.32 Å². The van der Waals surface area contributed by atoms with Crippen LogP contribution in [-0.2, 0) is 14.3 Å². The quantitative estimate of drug-likeness (QED) is 0.461. The van der Waals surface area contributed by atoms with Crippen LogP contribution in [0, 0.1) is 0 Å². The van der Waals surface area contributed by atoms with Gasteiger partial charge in [0, 0.05) is 18.4 Å². The molecule has 0 aliphatic heterocycles. The topological polar surface area (TPSA) is 94.8 Å². The molecule has 1 N–H and O–H groups in total. The average molecular weight is 361 g/mol. The number of para-hydroxylation sites is 1. The maximum atomic E-state index is 12.0. The minimum absolute atomic E-state index is 0.0865. The molecule has 2 aromatic rings. The lowest BCUT2D eigenvalue weighted by Crippen LogP contribution is -2.33. The van der Waals surface area contributed by atoms with Crippen LogP contribution in [-0.4, -0.2) is 36.6 Å². The van der Waals surface area contributed by atoms with Gasteiger partial charge in [0.1, 0.15) is 11.2 Å². The first-order valence-electron chi connectivity index (χ1n) is 8.39. The second-order valence-electron chi connectivity index (χ2n) is 6.76. The molecule has 0 saturated carbocycles. The van der Waals surface area contributed by atoms with E-state index in [0.717, 1.165) is 5.39 Å². The summed E-state index contributed by atoms with van der Waals surface area (Å²) in [5, 5.41) is 3.36. The second kappa shape index (κ2) is 8.51. The summed E-state index contributed by atoms with van der Waals surface area (Å²) < 4.78 is 15.5. The molecule has 1 aromatic heterocycles. The Hall–Kier alpha value is -2.83. The molecule has 0 aliphatic rings. The number of hydrogen-bond acceptors (Lipinski definition) is 6. The van der Waals surface area contributed by atoms with E-state index in [1.807, 2.05) is 18.2 Å². The third kappa shape index (κ3) is 6.23. The van der Waals surface area contributed by atoms with Crippen LogP contribution in [0.4, 0.5) is 4.79 Å². The monoisotopic (exact) mass is 361 g/mol. The van der Waals surface area contributed by atoms with Gasteiger partial charge >= 0.3 is 12.1 Å². The van der Waals surface area contributed by atoms with Gasteiger partial charge in [0.25, 0.3) is 0 Å². The molecule has 0 atom stereocenters. The Bertz CT molecular complexity index is 754. The van der Waals surface area contributed by atoms with Crippen molar-refractivity contribution < 1.29 is 28.3 Å². The van der Waals surface area contributed by atoms with Crippen LogP contribution in [0.1, 0.15) is 44.2 Å². The van der Waals surface area contributed by atoms with E-state index < -0.39 is 23.4 Å². The molecule has 2 rings (SSSR count). The fourth-order valence-electron chi connectivity index (χ4n) is 2.15. The Morgan fingerprint density at radius 1 is 1.15 bits per heavy atom. The van der Waals surface area contributed by atoms with Gasteiger partial charge in [0.15, 0.2) is 12.4 Å². The Labute approximate surface area is 151 Å². The third-order valence-electron chi connectivity index (χ3n) is 3.29. The molecule has 26 heavy (non-hydrogen) atoms. The summed E-state index contributed by atoms with van der Waals surface area (Å²) in [5.74, 6) is -0.757. The van der Waals surface area contributed by atoms with Crippen LogP contribution in [0.3, 0.4) is 0 Å². The van der Waals surface area contributed by atoms with Crippen LogP contribution < -0.4 is 5.32 Å². The third-order valence-corrected chi connectivity index (χ3v) is 3.29. The van der Waals surface area contributed by atoms with Gasteiger partial charge in [-0.3, -0.25) is 9.59 Å². The maximum Gasteiger partial charge on any atom is 0.407 e. The highest BCUT2D eigenvalue weighted by Crippen LogP contribution is 2.19. The number of nitrogens with one attached hydrogen (secondary N) is 1. The Morgan fingerprint density at radius 3 is 2.58 bits per heavy atom. The zero-order valence-electron chi connectivity index (χ0n) is 15.2. The van der Waals surface area contributed by atoms with Crippen LogP contribution in [0.2, 0.25) is 0 Å². The number of ketones is 1. The van der Waals surface area contributed by atoms with Gasteiger partial charge < -0.3 is 19.2 Å². The summed E-state index contributed by atoms with van der Waals surface area (Å²) >= 11 is 0. The molecule has 7 heteroatoms. The molecule has 0 saturated heterocycles. The smallest absolute Gasteiger partial charge is 0.407 e. The molecule has 1 amide bonds. The van der Waals surface area contributed by atoms with Gasteiger partial charge in [-0.15, -0.1) is 0 Å². The van der Waals surface area contributed by atoms with Gasteiger partial charge in [-0.05, 0) is 39.3 Å². The van der Waals surface area contributed by atoms with Gasteiger partial charge in [-0.25, -0.2) is 4.79 Å². The first-order valence-corrected chi connectivity index (χ1v) is 8.39. The molecular weight excluding hydrogens is 338 g/mol. The molecule has 1 aromatic carbocycles. The maximum absolute atomic E-state index is 12.0. The Balaban J connectivity index is 1.67. The standard InChI is InChI=1S/C19H23NO6/c1-19(2,3)26-18(23)20-10-6-9-17(22)24-12-14(21)16-11-13-7-4-5-8-15(13)25-16/h4-5,7-8,11H,6,9-10,12H2,1-3H3,(H,20,23). The number of hydrogen-bond donors (Lipinski definition) is 1. The summed E-state index contributed by atoms with van der Waals surface area (Å²) in [7, 11) is 0. The molecule has 0 spiro atoms. The number of fused-ring (bicyclic) bond motifs is 1. The number of ether oxygens (including phenoxy) is 2. The SMILES string of the molecule is CC(C)(C)OC(=O)NCCCC(=O)OCC(=O)c1cc2ccccc2o1. The zero-order valence-corrected chi connectivity index (χ0v) is 15.2. The molecule has 0 bridgehead atoms. The van der Waals surface area contributed by atoms with Crippen molar-refractivity contribution in [3.05, 3.63) is 36.1 Å². The van der Waals surface area contributed by atoms with E-state index in [0.29, 0.717) is 12.0 Å². The van der Waals surface area contributed by atoms with Crippen LogP contribution in [0.15, 0.2) is 34.7 Å². The number of Topliss-reactive ketones (excluding diaryl/α,β-unsaturated/α-hetero) is 1. The summed E-state index contributed by atoms with van der Waals surface area (Å²) in [6, 6.07) is 8.87. The number of amides is 1. The number of esters is 1. The van der Waals surface area contributed by atoms with Gasteiger partial charge in [-0.1, -0.05) is 18.2 Å². The average Bonchev–Trinajstić information content (AvgIpc) is 2.99. The van der Waals surface area contributed by atoms with Crippen molar-refractivity contribution >= 4 is 28.8 Å². The van der Waals surface area contributed by atoms with Crippen molar-refractivity contribution in [2.24, 2.45) is 0 Å². The van der Waals surface area contributed by atoms with E-state index in [1.54, 1.807) is 32.9 Å². The molecule has 140 valence electrons. The molecule has 0 aliphatic carbocycles. The zero-order chi connectivity index (χ0) is 19.2. The van der Waals surface area contributed by atoms with E-state index in [9.17, 15) is 14.4 Å². The van der Waals surface area contributed by atoms with Gasteiger partial charge in [0.05, 0.1) is 0 Å². The van der Waals surface area contributed by atoms with E-state index in [-0.39, 0.29) is 25.3 Å². The van der Waals surface area contributed by atoms with E-state index >= 15 is 0 Å². The fourth-order valence-corrected chi connectivity index (χ4v) is 2.15. The van der Waals surface area contributed by atoms with Crippen molar-refractivity contribution in [2.75, 3.05) is 13.2 Å². The number of benzene rings is 1. The second-order valence-corrected chi connectivity index (χ2v) is 6.76. The first-order chi connectivity index (χ1) is 12.2. The Kier molecular flexibility index (Phi) is 6.38. The first kappa shape index (κ1) is 19.5. The summed E-state index contributed by atoms with van der Waals surface area (Å²) in [6.45, 7) is 5.20. The highest BCUT2D eigenvalue weighted by molar-refractivity contribution is 5.99. The Morgan fingerprint density at radius 2 is 1.88 bits per heavy atom. The number of carbonyl (C=O) groups is 3. The van der Waals surface area contributed by atoms with Crippen molar-refractivity contribution in [2.45, 2.75) is 39.2 Å². The highest BCUT2D eigenvalue weighted by atomic mass is 16.6.